The lowest BCUT2D eigenvalue weighted by Gasteiger charge is -2.40. The van der Waals surface area contributed by atoms with Gasteiger partial charge in [-0.15, -0.1) is 0 Å². The van der Waals surface area contributed by atoms with Crippen LogP contribution >= 0.6 is 0 Å². The third kappa shape index (κ3) is 3.20. The van der Waals surface area contributed by atoms with Crippen LogP contribution in [0.1, 0.15) is 48.9 Å². The smallest absolute Gasteiger partial charge is 0.136 e. The van der Waals surface area contributed by atoms with Crippen molar-refractivity contribution in [1.29, 1.82) is 5.26 Å². The lowest BCUT2D eigenvalue weighted by molar-refractivity contribution is 0.542. The minimum absolute atomic E-state index is 0.0790. The Bertz CT molecular complexity index is 2310. The van der Waals surface area contributed by atoms with Gasteiger partial charge in [0.25, 0.3) is 0 Å². The monoisotopic (exact) mass is 566 g/mol. The van der Waals surface area contributed by atoms with Gasteiger partial charge in [-0.3, -0.25) is 0 Å². The fourth-order valence-corrected chi connectivity index (χ4v) is 8.13. The number of para-hydroxylation sites is 1. The number of fused-ring (bicyclic) bond motifs is 9. The number of nitriles is 1. The molecule has 2 atom stereocenters. The molecule has 2 heterocycles. The zero-order valence-corrected chi connectivity index (χ0v) is 24.9. The fourth-order valence-electron chi connectivity index (χ4n) is 8.13. The van der Waals surface area contributed by atoms with Crippen molar-refractivity contribution < 1.29 is 4.42 Å². The molecule has 0 radical (unpaired) electrons. The summed E-state index contributed by atoms with van der Waals surface area (Å²) in [5.74, 6) is 0.219. The van der Waals surface area contributed by atoms with E-state index in [2.05, 4.69) is 141 Å². The maximum absolute atomic E-state index is 9.94. The van der Waals surface area contributed by atoms with Gasteiger partial charge in [0.1, 0.15) is 11.2 Å². The zero-order chi connectivity index (χ0) is 29.8. The molecule has 0 bridgehead atoms. The maximum atomic E-state index is 9.94. The van der Waals surface area contributed by atoms with Gasteiger partial charge < -0.3 is 9.32 Å². The zero-order valence-electron chi connectivity index (χ0n) is 24.9. The summed E-state index contributed by atoms with van der Waals surface area (Å²) in [5.41, 5.74) is 13.0. The Morgan fingerprint density at radius 1 is 0.705 bits per heavy atom. The lowest BCUT2D eigenvalue weighted by atomic mass is 9.80. The summed E-state index contributed by atoms with van der Waals surface area (Å²) in [6.07, 6.45) is 8.87. The van der Waals surface area contributed by atoms with Crippen LogP contribution in [0.3, 0.4) is 0 Å². The molecule has 0 amide bonds. The summed E-state index contributed by atoms with van der Waals surface area (Å²) >= 11 is 0. The molecular weight excluding hydrogens is 536 g/mol. The second-order valence-electron chi connectivity index (χ2n) is 13.1. The van der Waals surface area contributed by atoms with Crippen LogP contribution in [0.5, 0.6) is 0 Å². The van der Waals surface area contributed by atoms with Gasteiger partial charge in [-0.05, 0) is 82.8 Å². The summed E-state index contributed by atoms with van der Waals surface area (Å²) in [6, 6.07) is 37.0. The van der Waals surface area contributed by atoms with Crippen LogP contribution in [0, 0.1) is 11.3 Å². The highest BCUT2D eigenvalue weighted by Crippen LogP contribution is 2.56. The largest absolute Gasteiger partial charge is 0.456 e. The topological polar surface area (TPSA) is 40.2 Å². The SMILES string of the molecule is CC1(C)c2ccccc2-c2cc3c(cc21)oc1cc(-c2ccc(C#N)cc2N2c4ccccc4C4C=CC=CC42C)ccc13. The third-order valence-corrected chi connectivity index (χ3v) is 10.3. The average Bonchev–Trinajstić information content (AvgIpc) is 3.62. The Morgan fingerprint density at radius 3 is 2.41 bits per heavy atom. The van der Waals surface area contributed by atoms with Crippen molar-refractivity contribution in [1.82, 2.24) is 0 Å². The first-order valence-electron chi connectivity index (χ1n) is 15.3. The molecule has 6 aromatic rings. The number of rotatable bonds is 2. The number of furan rings is 1. The van der Waals surface area contributed by atoms with E-state index >= 15 is 0 Å². The first-order valence-corrected chi connectivity index (χ1v) is 15.3. The van der Waals surface area contributed by atoms with Crippen molar-refractivity contribution in [2.24, 2.45) is 0 Å². The number of anilines is 2. The van der Waals surface area contributed by atoms with Crippen LogP contribution in [-0.4, -0.2) is 5.54 Å². The Hall–Kier alpha value is -5.33. The molecule has 44 heavy (non-hydrogen) atoms. The second kappa shape index (κ2) is 8.62. The maximum Gasteiger partial charge on any atom is 0.136 e. The van der Waals surface area contributed by atoms with E-state index in [1.165, 1.54) is 33.5 Å². The van der Waals surface area contributed by atoms with Crippen LogP contribution in [0.4, 0.5) is 11.4 Å². The third-order valence-electron chi connectivity index (χ3n) is 10.3. The summed E-state index contributed by atoms with van der Waals surface area (Å²) in [7, 11) is 0. The van der Waals surface area contributed by atoms with E-state index in [1.54, 1.807) is 0 Å². The average molecular weight is 567 g/mol. The lowest BCUT2D eigenvalue weighted by Crippen LogP contribution is -2.42. The number of nitrogens with zero attached hydrogens (tertiary/aromatic N) is 2. The van der Waals surface area contributed by atoms with Gasteiger partial charge in [0.05, 0.1) is 22.9 Å². The van der Waals surface area contributed by atoms with E-state index in [4.69, 9.17) is 4.42 Å². The van der Waals surface area contributed by atoms with Crippen molar-refractivity contribution in [2.75, 3.05) is 4.90 Å². The van der Waals surface area contributed by atoms with Crippen molar-refractivity contribution >= 4 is 33.3 Å². The molecule has 3 nitrogen and oxygen atoms in total. The molecule has 0 saturated heterocycles. The van der Waals surface area contributed by atoms with E-state index in [0.717, 1.165) is 38.8 Å². The number of allylic oxidation sites excluding steroid dienone is 2. The molecule has 210 valence electrons. The normalized spacial score (nSPS) is 20.4. The first-order chi connectivity index (χ1) is 21.4. The van der Waals surface area contributed by atoms with Crippen molar-refractivity contribution in [3.8, 4) is 28.3 Å². The highest BCUT2D eigenvalue weighted by atomic mass is 16.3. The van der Waals surface area contributed by atoms with Gasteiger partial charge in [0, 0.05) is 33.4 Å². The van der Waals surface area contributed by atoms with Crippen LogP contribution in [0.2, 0.25) is 0 Å². The van der Waals surface area contributed by atoms with Crippen LogP contribution in [-0.2, 0) is 5.41 Å². The van der Waals surface area contributed by atoms with Crippen LogP contribution < -0.4 is 4.90 Å². The molecular formula is C41H30N2O. The van der Waals surface area contributed by atoms with E-state index < -0.39 is 0 Å². The van der Waals surface area contributed by atoms with Gasteiger partial charge in [0.2, 0.25) is 0 Å². The number of benzene rings is 5. The Balaban J connectivity index is 1.24. The standard InChI is InChI=1S/C41H30N2O/c1-40(2)33-12-6-4-10-28(33)31-22-32-29-18-16-26(21-38(29)44-39(32)23-35(31)40)27-17-15-25(24-42)20-37(27)43-36-14-7-5-11-30(36)34-13-8-9-19-41(34,43)3/h4-23,34H,1-3H3. The highest BCUT2D eigenvalue weighted by molar-refractivity contribution is 6.09. The first kappa shape index (κ1) is 25.2. The minimum atomic E-state index is -0.297. The quantitative estimate of drug-likeness (QED) is 0.209. The molecule has 3 aliphatic rings. The molecule has 0 fully saturated rings. The van der Waals surface area contributed by atoms with Gasteiger partial charge in [-0.2, -0.15) is 5.26 Å². The van der Waals surface area contributed by atoms with Crippen LogP contribution in [0.15, 0.2) is 126 Å². The molecule has 2 unspecified atom stereocenters. The number of hydrogen-bond donors (Lipinski definition) is 0. The van der Waals surface area contributed by atoms with E-state index in [9.17, 15) is 5.26 Å². The predicted octanol–water partition coefficient (Wildman–Crippen LogP) is 10.6. The highest BCUT2D eigenvalue weighted by Gasteiger charge is 2.47. The van der Waals surface area contributed by atoms with Crippen molar-refractivity contribution in [3.63, 3.8) is 0 Å². The van der Waals surface area contributed by atoms with Gasteiger partial charge in [0.15, 0.2) is 0 Å². The van der Waals surface area contributed by atoms with Gasteiger partial charge in [-0.1, -0.05) is 92.7 Å². The van der Waals surface area contributed by atoms with Crippen LogP contribution in [0.25, 0.3) is 44.2 Å². The molecule has 2 aliphatic carbocycles. The molecule has 1 aromatic heterocycles. The molecule has 0 saturated carbocycles. The fraction of sp³-hybridized carbons (Fsp3) is 0.146. The summed E-state index contributed by atoms with van der Waals surface area (Å²) in [4.78, 5) is 2.43. The van der Waals surface area contributed by atoms with E-state index in [1.807, 2.05) is 12.1 Å². The Labute approximate surface area is 257 Å². The molecule has 3 heteroatoms. The Morgan fingerprint density at radius 2 is 1.52 bits per heavy atom. The van der Waals surface area contributed by atoms with Gasteiger partial charge in [-0.25, -0.2) is 0 Å². The summed E-state index contributed by atoms with van der Waals surface area (Å²) in [5, 5.41) is 12.2. The molecule has 5 aromatic carbocycles. The molecule has 1 aliphatic heterocycles. The number of hydrogen-bond acceptors (Lipinski definition) is 3. The van der Waals surface area contributed by atoms with E-state index in [0.29, 0.717) is 5.56 Å². The van der Waals surface area contributed by atoms with E-state index in [-0.39, 0.29) is 16.9 Å². The summed E-state index contributed by atoms with van der Waals surface area (Å²) < 4.78 is 6.62. The van der Waals surface area contributed by atoms with Crippen molar-refractivity contribution in [2.45, 2.75) is 37.6 Å². The predicted molar refractivity (Wildman–Crippen MR) is 179 cm³/mol. The molecule has 0 N–H and O–H groups in total. The summed E-state index contributed by atoms with van der Waals surface area (Å²) in [6.45, 7) is 6.90. The minimum Gasteiger partial charge on any atom is -0.456 e. The molecule has 9 rings (SSSR count). The van der Waals surface area contributed by atoms with Gasteiger partial charge >= 0.3 is 0 Å². The van der Waals surface area contributed by atoms with Crippen molar-refractivity contribution in [3.05, 3.63) is 144 Å². The second-order valence-corrected chi connectivity index (χ2v) is 13.1. The molecule has 0 spiro atoms. The Kier molecular flexibility index (Phi) is 4.93.